The van der Waals surface area contributed by atoms with Crippen LogP contribution in [0.1, 0.15) is 24.0 Å². The first-order valence-electron chi connectivity index (χ1n) is 9.93. The highest BCUT2D eigenvalue weighted by Gasteiger charge is 2.31. The van der Waals surface area contributed by atoms with Gasteiger partial charge in [-0.2, -0.15) is 0 Å². The van der Waals surface area contributed by atoms with Crippen LogP contribution in [-0.2, 0) is 27.1 Å². The number of carbonyl (C=O) groups is 1. The number of hydrogen-bond acceptors (Lipinski definition) is 5. The maximum absolute atomic E-state index is 12.7. The highest BCUT2D eigenvalue weighted by Crippen LogP contribution is 2.27. The van der Waals surface area contributed by atoms with Gasteiger partial charge in [-0.25, -0.2) is 12.7 Å². The van der Waals surface area contributed by atoms with Crippen LogP contribution in [0, 0.1) is 5.92 Å². The Morgan fingerprint density at radius 2 is 1.67 bits per heavy atom. The van der Waals surface area contributed by atoms with Crippen molar-refractivity contribution in [3.05, 3.63) is 59.7 Å². The van der Waals surface area contributed by atoms with Gasteiger partial charge in [0.25, 0.3) is 0 Å². The molecule has 0 radical (unpaired) electrons. The summed E-state index contributed by atoms with van der Waals surface area (Å²) >= 11 is 0. The van der Waals surface area contributed by atoms with Crippen LogP contribution < -0.4 is 14.8 Å². The molecule has 0 spiro atoms. The molecule has 1 heterocycles. The second kappa shape index (κ2) is 9.95. The fourth-order valence-electron chi connectivity index (χ4n) is 3.60. The molecule has 30 heavy (non-hydrogen) atoms. The third-order valence-corrected chi connectivity index (χ3v) is 7.17. The Hall–Kier alpha value is -2.58. The number of carbonyl (C=O) groups excluding carboxylic acids is 1. The fraction of sp³-hybridized carbons (Fsp3) is 0.409. The summed E-state index contributed by atoms with van der Waals surface area (Å²) in [6.07, 6.45) is 1.04. The molecule has 2 aromatic rings. The van der Waals surface area contributed by atoms with Gasteiger partial charge in [0.1, 0.15) is 0 Å². The van der Waals surface area contributed by atoms with Crippen LogP contribution >= 0.6 is 0 Å². The lowest BCUT2D eigenvalue weighted by atomic mass is 9.97. The Morgan fingerprint density at radius 1 is 1.00 bits per heavy atom. The second-order valence-corrected chi connectivity index (χ2v) is 9.29. The van der Waals surface area contributed by atoms with Crippen LogP contribution in [0.15, 0.2) is 48.5 Å². The number of methoxy groups -OCH3 is 2. The quantitative estimate of drug-likeness (QED) is 0.693. The van der Waals surface area contributed by atoms with Crippen LogP contribution in [0.25, 0.3) is 0 Å². The number of ether oxygens (including phenoxy) is 2. The topological polar surface area (TPSA) is 84.9 Å². The van der Waals surface area contributed by atoms with Gasteiger partial charge < -0.3 is 14.8 Å². The zero-order valence-corrected chi connectivity index (χ0v) is 18.2. The molecule has 162 valence electrons. The second-order valence-electron chi connectivity index (χ2n) is 7.32. The van der Waals surface area contributed by atoms with E-state index in [1.807, 2.05) is 42.5 Å². The van der Waals surface area contributed by atoms with E-state index in [1.165, 1.54) is 4.31 Å². The van der Waals surface area contributed by atoms with E-state index in [4.69, 9.17) is 9.47 Å². The van der Waals surface area contributed by atoms with Crippen LogP contribution in [-0.4, -0.2) is 45.9 Å². The average molecular weight is 433 g/mol. The Morgan fingerprint density at radius 3 is 2.30 bits per heavy atom. The third kappa shape index (κ3) is 5.52. The highest BCUT2D eigenvalue weighted by atomic mass is 32.2. The van der Waals surface area contributed by atoms with E-state index in [2.05, 4.69) is 5.32 Å². The van der Waals surface area contributed by atoms with Gasteiger partial charge in [-0.1, -0.05) is 36.4 Å². The largest absolute Gasteiger partial charge is 0.493 e. The van der Waals surface area contributed by atoms with Crippen molar-refractivity contribution in [3.8, 4) is 11.5 Å². The van der Waals surface area contributed by atoms with E-state index >= 15 is 0 Å². The van der Waals surface area contributed by atoms with Crippen molar-refractivity contribution in [1.82, 2.24) is 9.62 Å². The number of nitrogens with one attached hydrogen (secondary N) is 1. The molecule has 1 saturated heterocycles. The molecule has 0 unspecified atom stereocenters. The Kier molecular flexibility index (Phi) is 7.33. The molecule has 1 aliphatic rings. The molecule has 0 saturated carbocycles. The van der Waals surface area contributed by atoms with Crippen molar-refractivity contribution in [2.45, 2.75) is 25.1 Å². The molecular weight excluding hydrogens is 404 g/mol. The summed E-state index contributed by atoms with van der Waals surface area (Å²) in [5.74, 6) is 1.00. The van der Waals surface area contributed by atoms with Gasteiger partial charge in [0, 0.05) is 25.6 Å². The summed E-state index contributed by atoms with van der Waals surface area (Å²) in [5.41, 5.74) is 1.68. The molecule has 0 aliphatic carbocycles. The van der Waals surface area contributed by atoms with E-state index in [0.29, 0.717) is 44.0 Å². The summed E-state index contributed by atoms with van der Waals surface area (Å²) < 4.78 is 37.3. The Bertz CT molecular complexity index is 955. The van der Waals surface area contributed by atoms with Gasteiger partial charge in [-0.3, -0.25) is 4.79 Å². The number of nitrogens with zero attached hydrogens (tertiary/aromatic N) is 1. The first-order chi connectivity index (χ1) is 14.4. The summed E-state index contributed by atoms with van der Waals surface area (Å²) in [4.78, 5) is 12.6. The minimum absolute atomic E-state index is 0.00992. The van der Waals surface area contributed by atoms with Gasteiger partial charge in [-0.15, -0.1) is 0 Å². The van der Waals surface area contributed by atoms with E-state index in [0.717, 1.165) is 11.1 Å². The van der Waals surface area contributed by atoms with Crippen molar-refractivity contribution >= 4 is 15.9 Å². The molecule has 8 heteroatoms. The summed E-state index contributed by atoms with van der Waals surface area (Å²) in [6, 6.07) is 14.7. The van der Waals surface area contributed by atoms with Crippen molar-refractivity contribution in [1.29, 1.82) is 0 Å². The third-order valence-electron chi connectivity index (χ3n) is 5.32. The van der Waals surface area contributed by atoms with Crippen LogP contribution in [0.4, 0.5) is 0 Å². The molecular formula is C22H28N2O5S. The maximum atomic E-state index is 12.7. The first kappa shape index (κ1) is 22.1. The predicted octanol–water partition coefficient (Wildman–Crippen LogP) is 2.56. The van der Waals surface area contributed by atoms with Crippen molar-refractivity contribution in [2.24, 2.45) is 5.92 Å². The van der Waals surface area contributed by atoms with Crippen molar-refractivity contribution in [3.63, 3.8) is 0 Å². The lowest BCUT2D eigenvalue weighted by Gasteiger charge is -2.30. The van der Waals surface area contributed by atoms with Gasteiger partial charge in [0.15, 0.2) is 11.5 Å². The molecule has 2 aromatic carbocycles. The normalized spacial score (nSPS) is 15.5. The number of piperidine rings is 1. The molecule has 1 aliphatic heterocycles. The Balaban J connectivity index is 1.50. The van der Waals surface area contributed by atoms with Gasteiger partial charge in [0.05, 0.1) is 20.0 Å². The summed E-state index contributed by atoms with van der Waals surface area (Å²) in [5, 5.41) is 2.95. The number of amides is 1. The smallest absolute Gasteiger partial charge is 0.223 e. The molecule has 7 nitrogen and oxygen atoms in total. The standard InChI is InChI=1S/C22H28N2O5S/c1-28-20-9-8-18(14-21(20)29-2)15-23-22(25)19-10-12-24(13-11-19)30(26,27)16-17-6-4-3-5-7-17/h3-9,14,19H,10-13,15-16H2,1-2H3,(H,23,25). The first-order valence-corrected chi connectivity index (χ1v) is 11.5. The number of benzene rings is 2. The summed E-state index contributed by atoms with van der Waals surface area (Å²) in [6.45, 7) is 1.11. The molecule has 1 amide bonds. The van der Waals surface area contributed by atoms with E-state index in [9.17, 15) is 13.2 Å². The summed E-state index contributed by atoms with van der Waals surface area (Å²) in [7, 11) is -0.235. The van der Waals surface area contributed by atoms with Crippen LogP contribution in [0.3, 0.4) is 0 Å². The molecule has 0 atom stereocenters. The highest BCUT2D eigenvalue weighted by molar-refractivity contribution is 7.88. The lowest BCUT2D eigenvalue weighted by molar-refractivity contribution is -0.126. The average Bonchev–Trinajstić information content (AvgIpc) is 2.77. The lowest BCUT2D eigenvalue weighted by Crippen LogP contribution is -2.43. The van der Waals surface area contributed by atoms with Gasteiger partial charge >= 0.3 is 0 Å². The van der Waals surface area contributed by atoms with Gasteiger partial charge in [0.2, 0.25) is 15.9 Å². The van der Waals surface area contributed by atoms with Crippen LogP contribution in [0.2, 0.25) is 0 Å². The molecule has 0 aromatic heterocycles. The Labute approximate surface area is 178 Å². The molecule has 3 rings (SSSR count). The number of sulfonamides is 1. The number of rotatable bonds is 8. The van der Waals surface area contributed by atoms with Crippen molar-refractivity contribution in [2.75, 3.05) is 27.3 Å². The van der Waals surface area contributed by atoms with E-state index in [1.54, 1.807) is 20.3 Å². The van der Waals surface area contributed by atoms with E-state index in [-0.39, 0.29) is 17.6 Å². The minimum atomic E-state index is -3.38. The van der Waals surface area contributed by atoms with Crippen LogP contribution in [0.5, 0.6) is 11.5 Å². The zero-order chi connectivity index (χ0) is 21.6. The van der Waals surface area contributed by atoms with Gasteiger partial charge in [-0.05, 0) is 36.1 Å². The SMILES string of the molecule is COc1ccc(CNC(=O)C2CCN(S(=O)(=O)Cc3ccccc3)CC2)cc1OC. The zero-order valence-electron chi connectivity index (χ0n) is 17.3. The molecule has 0 bridgehead atoms. The van der Waals surface area contributed by atoms with E-state index < -0.39 is 10.0 Å². The maximum Gasteiger partial charge on any atom is 0.223 e. The minimum Gasteiger partial charge on any atom is -0.493 e. The molecule has 1 N–H and O–H groups in total. The number of hydrogen-bond donors (Lipinski definition) is 1. The fourth-order valence-corrected chi connectivity index (χ4v) is 5.16. The van der Waals surface area contributed by atoms with Crippen molar-refractivity contribution < 1.29 is 22.7 Å². The predicted molar refractivity (Wildman–Crippen MR) is 115 cm³/mol. The monoisotopic (exact) mass is 432 g/mol. The molecule has 1 fully saturated rings.